The smallest absolute Gasteiger partial charge is 0.326 e. The molecule has 128 valence electrons. The second-order valence-corrected chi connectivity index (χ2v) is 6.62. The van der Waals surface area contributed by atoms with Crippen LogP contribution in [0.3, 0.4) is 0 Å². The predicted octanol–water partition coefficient (Wildman–Crippen LogP) is 4.69. The van der Waals surface area contributed by atoms with Crippen LogP contribution in [0.15, 0.2) is 47.1 Å². The molecule has 2 aromatic carbocycles. The van der Waals surface area contributed by atoms with E-state index < -0.39 is 41.0 Å². The van der Waals surface area contributed by atoms with Crippen LogP contribution in [0.5, 0.6) is 0 Å². The summed E-state index contributed by atoms with van der Waals surface area (Å²) < 4.78 is 63.0. The zero-order valence-electron chi connectivity index (χ0n) is 12.4. The van der Waals surface area contributed by atoms with Gasteiger partial charge in [0.1, 0.15) is 17.3 Å². The van der Waals surface area contributed by atoms with E-state index in [0.717, 1.165) is 22.8 Å². The van der Waals surface area contributed by atoms with Crippen LogP contribution in [-0.4, -0.2) is 16.6 Å². The fourth-order valence-corrected chi connectivity index (χ4v) is 3.09. The van der Waals surface area contributed by atoms with Crippen molar-refractivity contribution in [3.63, 3.8) is 0 Å². The summed E-state index contributed by atoms with van der Waals surface area (Å²) >= 11 is 3.27. The van der Waals surface area contributed by atoms with Crippen LogP contribution in [0.4, 0.5) is 17.6 Å². The number of epoxide rings is 1. The van der Waals surface area contributed by atoms with Crippen molar-refractivity contribution in [3.8, 4) is 0 Å². The van der Waals surface area contributed by atoms with E-state index >= 15 is 8.78 Å². The molecule has 2 heterocycles. The van der Waals surface area contributed by atoms with Gasteiger partial charge in [0.15, 0.2) is 5.60 Å². The fourth-order valence-electron chi connectivity index (χ4n) is 2.74. The van der Waals surface area contributed by atoms with Gasteiger partial charge in [-0.2, -0.15) is 8.78 Å². The molecule has 1 saturated heterocycles. The molecule has 0 bridgehead atoms. The lowest BCUT2D eigenvalue weighted by molar-refractivity contribution is -0.0902. The molecule has 0 N–H and O–H groups in total. The number of nitrogens with zero attached hydrogens (tertiary/aromatic N) is 2. The number of fused-ring (bicyclic) bond motifs is 1. The highest BCUT2D eigenvalue weighted by molar-refractivity contribution is 9.10. The van der Waals surface area contributed by atoms with E-state index in [1.54, 1.807) is 18.2 Å². The Kier molecular flexibility index (Phi) is 3.59. The molecular weight excluding hydrogens is 404 g/mol. The van der Waals surface area contributed by atoms with Gasteiger partial charge in [0.05, 0.1) is 23.8 Å². The highest BCUT2D eigenvalue weighted by Crippen LogP contribution is 2.56. The summed E-state index contributed by atoms with van der Waals surface area (Å²) in [7, 11) is 0. The molecule has 8 heteroatoms. The number of benzene rings is 2. The number of halogens is 5. The van der Waals surface area contributed by atoms with Crippen LogP contribution < -0.4 is 0 Å². The minimum Gasteiger partial charge on any atom is -0.357 e. The Labute approximate surface area is 147 Å². The van der Waals surface area contributed by atoms with E-state index in [4.69, 9.17) is 4.74 Å². The molecule has 0 aliphatic carbocycles. The Hall–Kier alpha value is -2.06. The van der Waals surface area contributed by atoms with Gasteiger partial charge >= 0.3 is 5.92 Å². The van der Waals surface area contributed by atoms with Gasteiger partial charge in [-0.05, 0) is 30.3 Å². The van der Waals surface area contributed by atoms with Crippen molar-refractivity contribution in [3.05, 3.63) is 70.0 Å². The molecule has 1 fully saturated rings. The van der Waals surface area contributed by atoms with Crippen LogP contribution in [0.1, 0.15) is 11.3 Å². The van der Waals surface area contributed by atoms with Gasteiger partial charge in [-0.1, -0.05) is 15.9 Å². The first-order valence-corrected chi connectivity index (χ1v) is 8.03. The molecule has 1 atom stereocenters. The number of hydrogen-bond donors (Lipinski definition) is 0. The number of hydrogen-bond acceptors (Lipinski definition) is 3. The third-order valence-electron chi connectivity index (χ3n) is 4.13. The predicted molar refractivity (Wildman–Crippen MR) is 85.1 cm³/mol. The van der Waals surface area contributed by atoms with Gasteiger partial charge in [0.25, 0.3) is 0 Å². The molecule has 0 radical (unpaired) electrons. The van der Waals surface area contributed by atoms with Crippen molar-refractivity contribution in [2.45, 2.75) is 11.5 Å². The monoisotopic (exact) mass is 412 g/mol. The summed E-state index contributed by atoms with van der Waals surface area (Å²) in [5.41, 5.74) is -2.54. The van der Waals surface area contributed by atoms with Gasteiger partial charge in [0, 0.05) is 16.1 Å². The maximum absolute atomic E-state index is 15.1. The van der Waals surface area contributed by atoms with E-state index in [0.29, 0.717) is 11.6 Å². The molecule has 1 aromatic heterocycles. The topological polar surface area (TPSA) is 38.3 Å². The van der Waals surface area contributed by atoms with Crippen LogP contribution in [0.2, 0.25) is 0 Å². The van der Waals surface area contributed by atoms with Gasteiger partial charge in [-0.25, -0.2) is 13.8 Å². The molecule has 4 rings (SSSR count). The van der Waals surface area contributed by atoms with E-state index in [2.05, 4.69) is 25.9 Å². The standard InChI is InChI=1S/C17H9BrF4N2O/c18-9-1-4-13-14(5-9)23-7-15(24-13)17(21,22)16(8-25-16)11-3-2-10(19)6-12(11)20/h1-7H,8H2. The normalized spacial score (nSPS) is 20.0. The Morgan fingerprint density at radius 1 is 1.08 bits per heavy atom. The van der Waals surface area contributed by atoms with Crippen LogP contribution >= 0.6 is 15.9 Å². The largest absolute Gasteiger partial charge is 0.357 e. The molecule has 1 aliphatic heterocycles. The minimum atomic E-state index is -3.64. The summed E-state index contributed by atoms with van der Waals surface area (Å²) in [6, 6.07) is 7.29. The molecule has 1 aliphatic rings. The molecular formula is C17H9BrF4N2O. The summed E-state index contributed by atoms with van der Waals surface area (Å²) in [6.45, 7) is -0.400. The molecule has 1 unspecified atom stereocenters. The average molecular weight is 413 g/mol. The molecule has 3 nitrogen and oxygen atoms in total. The summed E-state index contributed by atoms with van der Waals surface area (Å²) in [4.78, 5) is 7.96. The SMILES string of the molecule is Fc1ccc(C2(C(F)(F)c3cnc4cc(Br)ccc4n3)CO2)c(F)c1. The average Bonchev–Trinajstić information content (AvgIpc) is 3.36. The van der Waals surface area contributed by atoms with Crippen molar-refractivity contribution in [1.82, 2.24) is 9.97 Å². The van der Waals surface area contributed by atoms with Crippen LogP contribution in [-0.2, 0) is 16.3 Å². The molecule has 0 saturated carbocycles. The van der Waals surface area contributed by atoms with E-state index in [9.17, 15) is 8.78 Å². The third-order valence-corrected chi connectivity index (χ3v) is 4.63. The third kappa shape index (κ3) is 2.51. The summed E-state index contributed by atoms with van der Waals surface area (Å²) in [6.07, 6.45) is 0.944. The van der Waals surface area contributed by atoms with E-state index in [1.165, 1.54) is 0 Å². The highest BCUT2D eigenvalue weighted by Gasteiger charge is 2.68. The first-order chi connectivity index (χ1) is 11.8. The Balaban J connectivity index is 1.82. The van der Waals surface area contributed by atoms with Crippen molar-refractivity contribution < 1.29 is 22.3 Å². The first-order valence-electron chi connectivity index (χ1n) is 7.24. The maximum Gasteiger partial charge on any atom is 0.326 e. The number of ether oxygens (including phenoxy) is 1. The number of alkyl halides is 2. The highest BCUT2D eigenvalue weighted by atomic mass is 79.9. The summed E-state index contributed by atoms with van der Waals surface area (Å²) in [5.74, 6) is -5.58. The van der Waals surface area contributed by atoms with Gasteiger partial charge in [-0.3, -0.25) is 4.98 Å². The van der Waals surface area contributed by atoms with E-state index in [-0.39, 0.29) is 5.52 Å². The first kappa shape index (κ1) is 16.4. The molecule has 0 amide bonds. The lowest BCUT2D eigenvalue weighted by Crippen LogP contribution is -2.34. The second-order valence-electron chi connectivity index (χ2n) is 5.70. The van der Waals surface area contributed by atoms with E-state index in [1.807, 2.05) is 0 Å². The van der Waals surface area contributed by atoms with Gasteiger partial charge in [-0.15, -0.1) is 0 Å². The van der Waals surface area contributed by atoms with Crippen molar-refractivity contribution in [1.29, 1.82) is 0 Å². The summed E-state index contributed by atoms with van der Waals surface area (Å²) in [5, 5.41) is 0. The Morgan fingerprint density at radius 3 is 2.52 bits per heavy atom. The Morgan fingerprint density at radius 2 is 1.84 bits per heavy atom. The van der Waals surface area contributed by atoms with Crippen molar-refractivity contribution in [2.75, 3.05) is 6.61 Å². The zero-order valence-corrected chi connectivity index (χ0v) is 14.0. The lowest BCUT2D eigenvalue weighted by Gasteiger charge is -2.24. The minimum absolute atomic E-state index is 0.274. The van der Waals surface area contributed by atoms with Crippen molar-refractivity contribution in [2.24, 2.45) is 0 Å². The quantitative estimate of drug-likeness (QED) is 0.462. The fraction of sp³-hybridized carbons (Fsp3) is 0.176. The van der Waals surface area contributed by atoms with Gasteiger partial charge in [0.2, 0.25) is 0 Å². The molecule has 3 aromatic rings. The number of aromatic nitrogens is 2. The molecule has 0 spiro atoms. The number of rotatable bonds is 3. The van der Waals surface area contributed by atoms with Crippen LogP contribution in [0.25, 0.3) is 11.0 Å². The maximum atomic E-state index is 15.1. The Bertz CT molecular complexity index is 992. The zero-order chi connectivity index (χ0) is 17.8. The second kappa shape index (κ2) is 5.47. The van der Waals surface area contributed by atoms with Crippen LogP contribution in [0, 0.1) is 11.6 Å². The van der Waals surface area contributed by atoms with Gasteiger partial charge < -0.3 is 4.74 Å². The van der Waals surface area contributed by atoms with Crippen molar-refractivity contribution >= 4 is 27.0 Å². The molecule has 25 heavy (non-hydrogen) atoms. The lowest BCUT2D eigenvalue weighted by atomic mass is 9.90.